The average molecular weight is 589 g/mol. The topological polar surface area (TPSA) is 146 Å². The van der Waals surface area contributed by atoms with E-state index in [1.54, 1.807) is 20.8 Å². The second-order valence-corrected chi connectivity index (χ2v) is 12.7. The predicted molar refractivity (Wildman–Crippen MR) is 165 cm³/mol. The molecule has 5 N–H and O–H groups in total. The molecule has 1 aromatic carbocycles. The SMILES string of the molecule is C=C(C[C@H](O)[C@H](CC(C)C)NC(=O)[C@H](C)NC(=O)[C@H](Cc1ccccc1)NC(=O)OC(C)(C)C)C(=O)NCCC(C)C. The lowest BCUT2D eigenvalue weighted by Gasteiger charge is -2.28. The van der Waals surface area contributed by atoms with Crippen LogP contribution in [0.25, 0.3) is 0 Å². The number of hydrogen-bond donors (Lipinski definition) is 5. The summed E-state index contributed by atoms with van der Waals surface area (Å²) in [6, 6.07) is 6.55. The van der Waals surface area contributed by atoms with Crippen LogP contribution in [0.3, 0.4) is 0 Å². The van der Waals surface area contributed by atoms with Gasteiger partial charge in [-0.3, -0.25) is 14.4 Å². The van der Waals surface area contributed by atoms with E-state index >= 15 is 0 Å². The number of carbonyl (C=O) groups is 4. The number of aliphatic hydroxyl groups excluding tert-OH is 1. The molecule has 0 unspecified atom stereocenters. The van der Waals surface area contributed by atoms with Crippen LogP contribution < -0.4 is 21.3 Å². The fourth-order valence-electron chi connectivity index (χ4n) is 4.10. The Kier molecular flexibility index (Phi) is 15.3. The van der Waals surface area contributed by atoms with E-state index in [2.05, 4.69) is 41.7 Å². The lowest BCUT2D eigenvalue weighted by molar-refractivity contribution is -0.130. The Morgan fingerprint density at radius 1 is 0.905 bits per heavy atom. The number of alkyl carbamates (subject to hydrolysis) is 1. The van der Waals surface area contributed by atoms with Gasteiger partial charge in [0.15, 0.2) is 0 Å². The van der Waals surface area contributed by atoms with Gasteiger partial charge in [-0.25, -0.2) is 4.79 Å². The summed E-state index contributed by atoms with van der Waals surface area (Å²) in [6.07, 6.45) is -0.337. The first-order chi connectivity index (χ1) is 19.5. The molecule has 0 aromatic heterocycles. The number of carbonyl (C=O) groups excluding carboxylic acids is 4. The summed E-state index contributed by atoms with van der Waals surface area (Å²) in [4.78, 5) is 51.3. The summed E-state index contributed by atoms with van der Waals surface area (Å²) in [5.41, 5.74) is 0.296. The molecule has 0 aliphatic rings. The first-order valence-electron chi connectivity index (χ1n) is 14.8. The third-order valence-electron chi connectivity index (χ3n) is 6.34. The van der Waals surface area contributed by atoms with Gasteiger partial charge in [-0.1, -0.05) is 64.6 Å². The Balaban J connectivity index is 2.89. The van der Waals surface area contributed by atoms with Crippen LogP contribution in [0.4, 0.5) is 4.79 Å². The van der Waals surface area contributed by atoms with E-state index < -0.39 is 47.7 Å². The Hall–Kier alpha value is -3.40. The maximum Gasteiger partial charge on any atom is 0.408 e. The van der Waals surface area contributed by atoms with Crippen LogP contribution in [0.15, 0.2) is 42.5 Å². The fraction of sp³-hybridized carbons (Fsp3) is 0.625. The van der Waals surface area contributed by atoms with E-state index in [-0.39, 0.29) is 30.2 Å². The summed E-state index contributed by atoms with van der Waals surface area (Å²) in [5, 5.41) is 21.9. The molecular formula is C32H52N4O6. The summed E-state index contributed by atoms with van der Waals surface area (Å²) in [7, 11) is 0. The molecule has 0 fully saturated rings. The number of amides is 4. The molecule has 236 valence electrons. The highest BCUT2D eigenvalue weighted by Crippen LogP contribution is 2.15. The number of benzene rings is 1. The van der Waals surface area contributed by atoms with Crippen LogP contribution in [0, 0.1) is 11.8 Å². The first-order valence-corrected chi connectivity index (χ1v) is 14.8. The maximum absolute atomic E-state index is 13.2. The molecule has 10 nitrogen and oxygen atoms in total. The van der Waals surface area contributed by atoms with Gasteiger partial charge < -0.3 is 31.1 Å². The van der Waals surface area contributed by atoms with Gasteiger partial charge in [0, 0.05) is 25.0 Å². The molecule has 0 aliphatic heterocycles. The van der Waals surface area contributed by atoms with E-state index in [9.17, 15) is 24.3 Å². The Morgan fingerprint density at radius 3 is 2.07 bits per heavy atom. The molecule has 0 heterocycles. The highest BCUT2D eigenvalue weighted by atomic mass is 16.6. The van der Waals surface area contributed by atoms with Gasteiger partial charge in [-0.05, 0) is 57.9 Å². The smallest absolute Gasteiger partial charge is 0.408 e. The lowest BCUT2D eigenvalue weighted by atomic mass is 9.94. The van der Waals surface area contributed by atoms with Crippen molar-refractivity contribution in [2.24, 2.45) is 11.8 Å². The third kappa shape index (κ3) is 15.0. The normalized spacial score (nSPS) is 14.4. The van der Waals surface area contributed by atoms with E-state index in [0.29, 0.717) is 18.9 Å². The minimum absolute atomic E-state index is 0.00905. The molecule has 0 saturated heterocycles. The van der Waals surface area contributed by atoms with Gasteiger partial charge in [-0.15, -0.1) is 0 Å². The van der Waals surface area contributed by atoms with E-state index in [0.717, 1.165) is 12.0 Å². The van der Waals surface area contributed by atoms with Gasteiger partial charge in [0.1, 0.15) is 17.7 Å². The molecule has 1 rings (SSSR count). The van der Waals surface area contributed by atoms with Crippen LogP contribution in [-0.2, 0) is 25.5 Å². The van der Waals surface area contributed by atoms with Crippen molar-refractivity contribution in [2.75, 3.05) is 6.54 Å². The van der Waals surface area contributed by atoms with Crippen LogP contribution >= 0.6 is 0 Å². The quantitative estimate of drug-likeness (QED) is 0.187. The average Bonchev–Trinajstić information content (AvgIpc) is 2.86. The second kappa shape index (κ2) is 17.5. The van der Waals surface area contributed by atoms with E-state index in [1.165, 1.54) is 6.92 Å². The number of hydrogen-bond acceptors (Lipinski definition) is 6. The number of ether oxygens (including phenoxy) is 1. The summed E-state index contributed by atoms with van der Waals surface area (Å²) < 4.78 is 5.33. The van der Waals surface area contributed by atoms with Crippen molar-refractivity contribution < 1.29 is 29.0 Å². The zero-order valence-corrected chi connectivity index (χ0v) is 26.6. The standard InChI is InChI=1S/C32H52N4O6/c1-20(2)15-16-33-28(38)22(5)18-27(37)25(17-21(3)4)35-29(39)23(6)34-30(40)26(19-24-13-11-10-12-14-24)36-31(41)42-32(7,8)9/h10-14,20-21,23,25-27,37H,5,15-19H2,1-4,6-9H3,(H,33,38)(H,34,40)(H,35,39)(H,36,41)/t23-,25-,26-,27-/m0/s1. The molecular weight excluding hydrogens is 536 g/mol. The van der Waals surface area contributed by atoms with Crippen molar-refractivity contribution in [1.82, 2.24) is 21.3 Å². The summed E-state index contributed by atoms with van der Waals surface area (Å²) in [6.45, 7) is 19.1. The summed E-state index contributed by atoms with van der Waals surface area (Å²) in [5.74, 6) is -0.808. The molecule has 0 radical (unpaired) electrons. The fourth-order valence-corrected chi connectivity index (χ4v) is 4.10. The van der Waals surface area contributed by atoms with Gasteiger partial charge >= 0.3 is 6.09 Å². The minimum Gasteiger partial charge on any atom is -0.444 e. The molecule has 0 saturated carbocycles. The monoisotopic (exact) mass is 588 g/mol. The van der Waals surface area contributed by atoms with Crippen LogP contribution in [0.1, 0.15) is 80.2 Å². The molecule has 10 heteroatoms. The number of rotatable bonds is 16. The van der Waals surface area contributed by atoms with Crippen molar-refractivity contribution in [3.63, 3.8) is 0 Å². The Labute approximate surface area is 251 Å². The van der Waals surface area contributed by atoms with Gasteiger partial charge in [0.2, 0.25) is 17.7 Å². The van der Waals surface area contributed by atoms with Crippen molar-refractivity contribution in [3.05, 3.63) is 48.0 Å². The van der Waals surface area contributed by atoms with Gasteiger partial charge in [-0.2, -0.15) is 0 Å². The molecule has 42 heavy (non-hydrogen) atoms. The molecule has 4 amide bonds. The largest absolute Gasteiger partial charge is 0.444 e. The lowest BCUT2D eigenvalue weighted by Crippen LogP contribution is -2.56. The van der Waals surface area contributed by atoms with Gasteiger partial charge in [0.25, 0.3) is 0 Å². The Morgan fingerprint density at radius 2 is 1.52 bits per heavy atom. The first kappa shape index (κ1) is 36.6. The predicted octanol–water partition coefficient (Wildman–Crippen LogP) is 3.63. The highest BCUT2D eigenvalue weighted by Gasteiger charge is 2.30. The second-order valence-electron chi connectivity index (χ2n) is 12.7. The van der Waals surface area contributed by atoms with Crippen molar-refractivity contribution in [3.8, 4) is 0 Å². The third-order valence-corrected chi connectivity index (χ3v) is 6.34. The highest BCUT2D eigenvalue weighted by molar-refractivity contribution is 5.93. The van der Waals surface area contributed by atoms with E-state index in [1.807, 2.05) is 44.2 Å². The molecule has 0 aliphatic carbocycles. The molecule has 1 aromatic rings. The number of nitrogens with one attached hydrogen (secondary N) is 4. The van der Waals surface area contributed by atoms with Crippen LogP contribution in [-0.4, -0.2) is 65.3 Å². The number of aliphatic hydroxyl groups is 1. The van der Waals surface area contributed by atoms with Crippen molar-refractivity contribution in [1.29, 1.82) is 0 Å². The van der Waals surface area contributed by atoms with E-state index in [4.69, 9.17) is 4.74 Å². The zero-order chi connectivity index (χ0) is 32.0. The summed E-state index contributed by atoms with van der Waals surface area (Å²) >= 11 is 0. The van der Waals surface area contributed by atoms with Crippen molar-refractivity contribution >= 4 is 23.8 Å². The zero-order valence-electron chi connectivity index (χ0n) is 26.6. The maximum atomic E-state index is 13.2. The van der Waals surface area contributed by atoms with Crippen molar-refractivity contribution in [2.45, 2.75) is 111 Å². The molecule has 0 spiro atoms. The van der Waals surface area contributed by atoms with Gasteiger partial charge in [0.05, 0.1) is 12.1 Å². The molecule has 4 atom stereocenters. The molecule has 0 bridgehead atoms. The van der Waals surface area contributed by atoms with Crippen LogP contribution in [0.2, 0.25) is 0 Å². The van der Waals surface area contributed by atoms with Crippen LogP contribution in [0.5, 0.6) is 0 Å². The Bertz CT molecular complexity index is 1040. The minimum atomic E-state index is -1.05.